The van der Waals surface area contributed by atoms with Crippen molar-refractivity contribution >= 4 is 56.6 Å². The van der Waals surface area contributed by atoms with Gasteiger partial charge in [-0.3, -0.25) is 9.52 Å². The molecular formula is C23H22Cl2N2O4S2. The maximum atomic E-state index is 12.6. The van der Waals surface area contributed by atoms with E-state index in [9.17, 15) is 13.2 Å². The van der Waals surface area contributed by atoms with E-state index in [1.807, 2.05) is 37.4 Å². The number of amides is 1. The standard InChI is InChI=1S/C23H22Cl2N2O4S2/c1-15(16-3-9-19(32-2)10-4-16)26-23(28)14-31-22-12-11-20(13-21(22)25)33(29,30)27-18-7-5-17(24)6-8-18/h3-13,15,27H,14H2,1-2H3,(H,26,28)/t15-/m1/s1. The minimum absolute atomic E-state index is 0.0402. The molecule has 0 spiro atoms. The van der Waals surface area contributed by atoms with Crippen molar-refractivity contribution in [2.24, 2.45) is 0 Å². The zero-order chi connectivity index (χ0) is 24.0. The molecule has 0 saturated carbocycles. The molecule has 33 heavy (non-hydrogen) atoms. The van der Waals surface area contributed by atoms with Crippen LogP contribution in [0.4, 0.5) is 5.69 Å². The van der Waals surface area contributed by atoms with Crippen LogP contribution in [0.2, 0.25) is 10.0 Å². The molecule has 2 N–H and O–H groups in total. The van der Waals surface area contributed by atoms with Crippen LogP contribution < -0.4 is 14.8 Å². The predicted molar refractivity (Wildman–Crippen MR) is 134 cm³/mol. The number of nitrogens with one attached hydrogen (secondary N) is 2. The third kappa shape index (κ3) is 7.04. The van der Waals surface area contributed by atoms with E-state index in [2.05, 4.69) is 10.0 Å². The molecule has 3 rings (SSSR count). The molecule has 0 saturated heterocycles. The number of carbonyl (C=O) groups excluding carboxylic acids is 1. The Morgan fingerprint density at radius 3 is 2.30 bits per heavy atom. The second-order valence-corrected chi connectivity index (χ2v) is 10.5. The normalized spacial score (nSPS) is 12.1. The molecule has 0 heterocycles. The van der Waals surface area contributed by atoms with Crippen molar-refractivity contribution in [2.45, 2.75) is 22.8 Å². The van der Waals surface area contributed by atoms with Crippen LogP contribution in [-0.4, -0.2) is 27.2 Å². The van der Waals surface area contributed by atoms with E-state index in [0.29, 0.717) is 10.7 Å². The summed E-state index contributed by atoms with van der Waals surface area (Å²) >= 11 is 13.7. The highest BCUT2D eigenvalue weighted by Gasteiger charge is 2.17. The van der Waals surface area contributed by atoms with Crippen molar-refractivity contribution in [2.75, 3.05) is 17.6 Å². The van der Waals surface area contributed by atoms with E-state index in [-0.39, 0.29) is 34.2 Å². The Bertz CT molecular complexity index is 1220. The number of hydrogen-bond acceptors (Lipinski definition) is 5. The van der Waals surface area contributed by atoms with Gasteiger partial charge >= 0.3 is 0 Å². The van der Waals surface area contributed by atoms with Crippen molar-refractivity contribution in [1.29, 1.82) is 0 Å². The Morgan fingerprint density at radius 2 is 1.70 bits per heavy atom. The van der Waals surface area contributed by atoms with Gasteiger partial charge in [0.15, 0.2) is 6.61 Å². The molecule has 6 nitrogen and oxygen atoms in total. The third-order valence-electron chi connectivity index (χ3n) is 4.66. The lowest BCUT2D eigenvalue weighted by Crippen LogP contribution is -2.31. The first-order valence-corrected chi connectivity index (χ1v) is 13.3. The van der Waals surface area contributed by atoms with E-state index in [0.717, 1.165) is 10.5 Å². The highest BCUT2D eigenvalue weighted by atomic mass is 35.5. The van der Waals surface area contributed by atoms with E-state index in [1.54, 1.807) is 36.0 Å². The van der Waals surface area contributed by atoms with E-state index >= 15 is 0 Å². The third-order valence-corrected chi connectivity index (χ3v) is 7.33. The summed E-state index contributed by atoms with van der Waals surface area (Å²) in [6.07, 6.45) is 2.00. The molecule has 174 valence electrons. The maximum absolute atomic E-state index is 12.6. The Hall–Kier alpha value is -2.39. The zero-order valence-corrected chi connectivity index (χ0v) is 21.0. The predicted octanol–water partition coefficient (Wildman–Crippen LogP) is 5.77. The molecule has 0 unspecified atom stereocenters. The highest BCUT2D eigenvalue weighted by molar-refractivity contribution is 7.98. The number of benzene rings is 3. The van der Waals surface area contributed by atoms with E-state index < -0.39 is 10.0 Å². The lowest BCUT2D eigenvalue weighted by atomic mass is 10.1. The van der Waals surface area contributed by atoms with Crippen LogP contribution in [0.3, 0.4) is 0 Å². The first-order chi connectivity index (χ1) is 15.7. The van der Waals surface area contributed by atoms with Crippen LogP contribution >= 0.6 is 35.0 Å². The van der Waals surface area contributed by atoms with Gasteiger partial charge in [-0.25, -0.2) is 8.42 Å². The van der Waals surface area contributed by atoms with Gasteiger partial charge in [0.25, 0.3) is 15.9 Å². The summed E-state index contributed by atoms with van der Waals surface area (Å²) in [7, 11) is -3.86. The Morgan fingerprint density at radius 1 is 1.03 bits per heavy atom. The van der Waals surface area contributed by atoms with Gasteiger partial charge in [0.2, 0.25) is 0 Å². The fraction of sp³-hybridized carbons (Fsp3) is 0.174. The van der Waals surface area contributed by atoms with E-state index in [4.69, 9.17) is 27.9 Å². The largest absolute Gasteiger partial charge is 0.482 e. The number of sulfonamides is 1. The molecule has 10 heteroatoms. The summed E-state index contributed by atoms with van der Waals surface area (Å²) < 4.78 is 33.2. The highest BCUT2D eigenvalue weighted by Crippen LogP contribution is 2.28. The fourth-order valence-electron chi connectivity index (χ4n) is 2.90. The monoisotopic (exact) mass is 524 g/mol. The van der Waals surface area contributed by atoms with Gasteiger partial charge in [-0.15, -0.1) is 11.8 Å². The number of hydrogen-bond donors (Lipinski definition) is 2. The molecule has 3 aromatic carbocycles. The van der Waals surface area contributed by atoms with Crippen LogP contribution in [0.5, 0.6) is 5.75 Å². The van der Waals surface area contributed by atoms with Gasteiger partial charge in [0.05, 0.1) is 16.0 Å². The summed E-state index contributed by atoms with van der Waals surface area (Å²) in [5, 5.41) is 3.43. The van der Waals surface area contributed by atoms with Gasteiger partial charge in [-0.2, -0.15) is 0 Å². The Balaban J connectivity index is 1.59. The van der Waals surface area contributed by atoms with Crippen molar-refractivity contribution in [3.8, 4) is 5.75 Å². The molecule has 1 amide bonds. The van der Waals surface area contributed by atoms with Crippen LogP contribution in [-0.2, 0) is 14.8 Å². The minimum Gasteiger partial charge on any atom is -0.482 e. The van der Waals surface area contributed by atoms with Crippen LogP contribution in [0.1, 0.15) is 18.5 Å². The molecule has 0 fully saturated rings. The number of thioether (sulfide) groups is 1. The zero-order valence-electron chi connectivity index (χ0n) is 17.8. The Labute approximate surface area is 207 Å². The Kier molecular flexibility index (Phi) is 8.53. The number of anilines is 1. The van der Waals surface area contributed by atoms with Crippen LogP contribution in [0.15, 0.2) is 76.5 Å². The summed E-state index contributed by atoms with van der Waals surface area (Å²) in [5.41, 5.74) is 1.34. The van der Waals surface area contributed by atoms with Crippen molar-refractivity contribution in [1.82, 2.24) is 5.32 Å². The van der Waals surface area contributed by atoms with Gasteiger partial charge in [0.1, 0.15) is 5.75 Å². The quantitative estimate of drug-likeness (QED) is 0.347. The maximum Gasteiger partial charge on any atom is 0.261 e. The van der Waals surface area contributed by atoms with Crippen LogP contribution in [0.25, 0.3) is 0 Å². The second-order valence-electron chi connectivity index (χ2n) is 7.06. The summed E-state index contributed by atoms with van der Waals surface area (Å²) in [5.74, 6) is -0.122. The SMILES string of the molecule is CSc1ccc([C@@H](C)NC(=O)COc2ccc(S(=O)(=O)Nc3ccc(Cl)cc3)cc2Cl)cc1. The lowest BCUT2D eigenvalue weighted by Gasteiger charge is -2.16. The molecule has 0 aliphatic rings. The topological polar surface area (TPSA) is 84.5 Å². The van der Waals surface area contributed by atoms with Gasteiger partial charge in [0, 0.05) is 15.6 Å². The molecule has 0 radical (unpaired) electrons. The molecule has 0 aliphatic carbocycles. The summed E-state index contributed by atoms with van der Waals surface area (Å²) in [4.78, 5) is 13.4. The van der Waals surface area contributed by atoms with Crippen molar-refractivity contribution in [3.05, 3.63) is 82.3 Å². The first kappa shape index (κ1) is 25.2. The van der Waals surface area contributed by atoms with Crippen LogP contribution in [0, 0.1) is 0 Å². The average molecular weight is 525 g/mol. The number of carbonyl (C=O) groups is 1. The number of ether oxygens (including phenoxy) is 1. The molecule has 3 aromatic rings. The van der Waals surface area contributed by atoms with Crippen molar-refractivity contribution < 1.29 is 17.9 Å². The molecular weight excluding hydrogens is 503 g/mol. The molecule has 0 bridgehead atoms. The summed E-state index contributed by atoms with van der Waals surface area (Å²) in [6, 6.07) is 18.0. The van der Waals surface area contributed by atoms with E-state index in [1.165, 1.54) is 18.2 Å². The fourth-order valence-corrected chi connectivity index (χ4v) is 4.82. The average Bonchev–Trinajstić information content (AvgIpc) is 2.79. The summed E-state index contributed by atoms with van der Waals surface area (Å²) in [6.45, 7) is 1.62. The molecule has 0 aromatic heterocycles. The van der Waals surface area contributed by atoms with Gasteiger partial charge in [-0.05, 0) is 73.3 Å². The first-order valence-electron chi connectivity index (χ1n) is 9.82. The molecule has 0 aliphatic heterocycles. The number of halogens is 2. The second kappa shape index (κ2) is 11.2. The van der Waals surface area contributed by atoms with Gasteiger partial charge in [-0.1, -0.05) is 35.3 Å². The smallest absolute Gasteiger partial charge is 0.261 e. The minimum atomic E-state index is -3.86. The van der Waals surface area contributed by atoms with Gasteiger partial charge < -0.3 is 10.1 Å². The van der Waals surface area contributed by atoms with Crippen molar-refractivity contribution in [3.63, 3.8) is 0 Å². The lowest BCUT2D eigenvalue weighted by molar-refractivity contribution is -0.123. The number of rotatable bonds is 9. The molecule has 1 atom stereocenters.